The number of hydrogen-bond donors (Lipinski definition) is 2. The van der Waals surface area contributed by atoms with Gasteiger partial charge >= 0.3 is 5.97 Å². The fourth-order valence-corrected chi connectivity index (χ4v) is 2.30. The molecule has 1 fully saturated rings. The van der Waals surface area contributed by atoms with Gasteiger partial charge in [-0.1, -0.05) is 0 Å². The fourth-order valence-electron chi connectivity index (χ4n) is 2.30. The van der Waals surface area contributed by atoms with Crippen LogP contribution in [0.25, 0.3) is 0 Å². The number of aliphatic hydroxyl groups is 1. The summed E-state index contributed by atoms with van der Waals surface area (Å²) in [5.74, 6) is 0.409. The Bertz CT molecular complexity index is 464. The molecule has 0 radical (unpaired) electrons. The van der Waals surface area contributed by atoms with E-state index in [4.69, 9.17) is 10.5 Å². The maximum absolute atomic E-state index is 11.9. The van der Waals surface area contributed by atoms with E-state index in [0.29, 0.717) is 49.7 Å². The molecular weight excluding hydrogens is 248 g/mol. The molecule has 3 N–H and O–H groups in total. The number of aliphatic hydroxyl groups excluding tert-OH is 1. The number of aryl methyl sites for hydroxylation is 1. The molecule has 7 heteroatoms. The highest BCUT2D eigenvalue weighted by Gasteiger charge is 2.28. The van der Waals surface area contributed by atoms with Crippen LogP contribution < -0.4 is 10.6 Å². The highest BCUT2D eigenvalue weighted by molar-refractivity contribution is 5.99. The number of aromatic nitrogens is 2. The third-order valence-electron chi connectivity index (χ3n) is 3.43. The zero-order chi connectivity index (χ0) is 14.0. The lowest BCUT2D eigenvalue weighted by Gasteiger charge is -2.30. The molecule has 0 aromatic carbocycles. The van der Waals surface area contributed by atoms with Crippen LogP contribution in [0.4, 0.5) is 11.6 Å². The quantitative estimate of drug-likeness (QED) is 0.762. The lowest BCUT2D eigenvalue weighted by atomic mass is 10.1. The lowest BCUT2D eigenvalue weighted by Crippen LogP contribution is -2.37. The van der Waals surface area contributed by atoms with Gasteiger partial charge in [0.1, 0.15) is 11.4 Å². The molecule has 1 aromatic rings. The Morgan fingerprint density at radius 1 is 1.53 bits per heavy atom. The monoisotopic (exact) mass is 268 g/mol. The minimum Gasteiger partial charge on any atom is -0.465 e. The third kappa shape index (κ3) is 2.51. The Balaban J connectivity index is 2.35. The van der Waals surface area contributed by atoms with E-state index in [-0.39, 0.29) is 6.10 Å². The second-order valence-corrected chi connectivity index (χ2v) is 4.61. The number of ether oxygens (including phenoxy) is 1. The molecule has 0 saturated carbocycles. The molecule has 1 aliphatic heterocycles. The van der Waals surface area contributed by atoms with Crippen LogP contribution in [0.2, 0.25) is 0 Å². The first-order valence-corrected chi connectivity index (χ1v) is 6.46. The second-order valence-electron chi connectivity index (χ2n) is 4.61. The van der Waals surface area contributed by atoms with Crippen LogP contribution >= 0.6 is 0 Å². The predicted octanol–water partition coefficient (Wildman–Crippen LogP) is 0.233. The van der Waals surface area contributed by atoms with Crippen LogP contribution in [0, 0.1) is 0 Å². The molecule has 1 saturated heterocycles. The van der Waals surface area contributed by atoms with Crippen molar-refractivity contribution in [2.75, 3.05) is 30.8 Å². The number of rotatable bonds is 3. The molecule has 0 spiro atoms. The minimum atomic E-state index is -0.474. The Morgan fingerprint density at radius 3 is 2.68 bits per heavy atom. The van der Waals surface area contributed by atoms with Gasteiger partial charge in [-0.3, -0.25) is 0 Å². The molecule has 0 atom stereocenters. The second kappa shape index (κ2) is 5.48. The number of methoxy groups -OCH3 is 1. The van der Waals surface area contributed by atoms with E-state index in [1.807, 2.05) is 11.8 Å². The number of esters is 1. The molecule has 1 aromatic heterocycles. The van der Waals surface area contributed by atoms with Gasteiger partial charge in [-0.2, -0.15) is 5.10 Å². The Morgan fingerprint density at radius 2 is 2.16 bits per heavy atom. The van der Waals surface area contributed by atoms with E-state index in [2.05, 4.69) is 5.10 Å². The van der Waals surface area contributed by atoms with Gasteiger partial charge in [-0.05, 0) is 19.8 Å². The molecule has 0 unspecified atom stereocenters. The number of hydrogen-bond acceptors (Lipinski definition) is 6. The number of anilines is 2. The van der Waals surface area contributed by atoms with Gasteiger partial charge < -0.3 is 20.5 Å². The van der Waals surface area contributed by atoms with Crippen molar-refractivity contribution in [2.45, 2.75) is 32.4 Å². The lowest BCUT2D eigenvalue weighted by molar-refractivity contribution is 0.0602. The Kier molecular flexibility index (Phi) is 3.94. The normalized spacial score (nSPS) is 16.7. The van der Waals surface area contributed by atoms with E-state index >= 15 is 0 Å². The van der Waals surface area contributed by atoms with Crippen LogP contribution in [0.3, 0.4) is 0 Å². The van der Waals surface area contributed by atoms with Crippen molar-refractivity contribution in [2.24, 2.45) is 0 Å². The summed E-state index contributed by atoms with van der Waals surface area (Å²) in [6, 6.07) is 0. The summed E-state index contributed by atoms with van der Waals surface area (Å²) in [4.78, 5) is 13.8. The summed E-state index contributed by atoms with van der Waals surface area (Å²) < 4.78 is 6.37. The van der Waals surface area contributed by atoms with Crippen molar-refractivity contribution in [1.29, 1.82) is 0 Å². The first kappa shape index (κ1) is 13.7. The average Bonchev–Trinajstić information content (AvgIpc) is 2.75. The highest BCUT2D eigenvalue weighted by atomic mass is 16.5. The smallest absolute Gasteiger partial charge is 0.345 e. The standard InChI is InChI=1S/C12H20N4O3/c1-3-16-10(13)9(12(18)19-2)11(14-16)15-6-4-8(17)5-7-15/h8,17H,3-7,13H2,1-2H3. The number of carbonyl (C=O) groups is 1. The maximum Gasteiger partial charge on any atom is 0.345 e. The molecular formula is C12H20N4O3. The number of nitrogen functional groups attached to an aromatic ring is 1. The van der Waals surface area contributed by atoms with Gasteiger partial charge in [-0.25, -0.2) is 9.48 Å². The van der Waals surface area contributed by atoms with Crippen molar-refractivity contribution < 1.29 is 14.6 Å². The highest BCUT2D eigenvalue weighted by Crippen LogP contribution is 2.28. The SMILES string of the molecule is CCn1nc(N2CCC(O)CC2)c(C(=O)OC)c1N. The predicted molar refractivity (Wildman–Crippen MR) is 71.1 cm³/mol. The van der Waals surface area contributed by atoms with Gasteiger partial charge in [-0.15, -0.1) is 0 Å². The van der Waals surface area contributed by atoms with Crippen LogP contribution in [0.1, 0.15) is 30.1 Å². The number of carbonyl (C=O) groups excluding carboxylic acids is 1. The number of nitrogens with two attached hydrogens (primary N) is 1. The van der Waals surface area contributed by atoms with Crippen LogP contribution in [0.5, 0.6) is 0 Å². The van der Waals surface area contributed by atoms with Gasteiger partial charge in [0.05, 0.1) is 13.2 Å². The molecule has 2 heterocycles. The van der Waals surface area contributed by atoms with Gasteiger partial charge in [0, 0.05) is 19.6 Å². The number of piperidine rings is 1. The average molecular weight is 268 g/mol. The van der Waals surface area contributed by atoms with Crippen molar-refractivity contribution >= 4 is 17.6 Å². The molecule has 106 valence electrons. The van der Waals surface area contributed by atoms with Crippen LogP contribution in [-0.2, 0) is 11.3 Å². The fraction of sp³-hybridized carbons (Fsp3) is 0.667. The van der Waals surface area contributed by atoms with Crippen molar-refractivity contribution in [3.8, 4) is 0 Å². The zero-order valence-electron chi connectivity index (χ0n) is 11.3. The molecule has 7 nitrogen and oxygen atoms in total. The Hall–Kier alpha value is -1.76. The first-order chi connectivity index (χ1) is 9.08. The van der Waals surface area contributed by atoms with Gasteiger partial charge in [0.2, 0.25) is 0 Å². The summed E-state index contributed by atoms with van der Waals surface area (Å²) >= 11 is 0. The summed E-state index contributed by atoms with van der Waals surface area (Å²) in [5.41, 5.74) is 6.27. The Labute approximate surface area is 111 Å². The summed E-state index contributed by atoms with van der Waals surface area (Å²) in [5, 5.41) is 13.9. The summed E-state index contributed by atoms with van der Waals surface area (Å²) in [6.07, 6.45) is 1.06. The van der Waals surface area contributed by atoms with E-state index in [9.17, 15) is 9.90 Å². The van der Waals surface area contributed by atoms with Crippen LogP contribution in [-0.4, -0.2) is 47.2 Å². The third-order valence-corrected chi connectivity index (χ3v) is 3.43. The van der Waals surface area contributed by atoms with Gasteiger partial charge in [0.15, 0.2) is 5.82 Å². The van der Waals surface area contributed by atoms with E-state index in [1.165, 1.54) is 7.11 Å². The minimum absolute atomic E-state index is 0.275. The van der Waals surface area contributed by atoms with E-state index < -0.39 is 5.97 Å². The molecule has 0 aliphatic carbocycles. The first-order valence-electron chi connectivity index (χ1n) is 6.46. The number of nitrogens with zero attached hydrogens (tertiary/aromatic N) is 3. The molecule has 0 amide bonds. The van der Waals surface area contributed by atoms with Crippen molar-refractivity contribution in [3.05, 3.63) is 5.56 Å². The van der Waals surface area contributed by atoms with Crippen LogP contribution in [0.15, 0.2) is 0 Å². The zero-order valence-corrected chi connectivity index (χ0v) is 11.3. The van der Waals surface area contributed by atoms with Gasteiger partial charge in [0.25, 0.3) is 0 Å². The largest absolute Gasteiger partial charge is 0.465 e. The molecule has 1 aliphatic rings. The summed E-state index contributed by atoms with van der Waals surface area (Å²) in [7, 11) is 1.33. The summed E-state index contributed by atoms with van der Waals surface area (Å²) in [6.45, 7) is 3.82. The van der Waals surface area contributed by atoms with Crippen molar-refractivity contribution in [1.82, 2.24) is 9.78 Å². The molecule has 2 rings (SSSR count). The molecule has 0 bridgehead atoms. The van der Waals surface area contributed by atoms with E-state index in [1.54, 1.807) is 4.68 Å². The van der Waals surface area contributed by atoms with Crippen molar-refractivity contribution in [3.63, 3.8) is 0 Å². The van der Waals surface area contributed by atoms with E-state index in [0.717, 1.165) is 0 Å². The topological polar surface area (TPSA) is 93.6 Å². The molecule has 19 heavy (non-hydrogen) atoms. The maximum atomic E-state index is 11.9.